The molecule has 0 N–H and O–H groups in total. The highest BCUT2D eigenvalue weighted by Gasteiger charge is 2.42. The maximum absolute atomic E-state index is 12.2. The van der Waals surface area contributed by atoms with Crippen LogP contribution in [0.15, 0.2) is 17.3 Å². The van der Waals surface area contributed by atoms with Crippen molar-refractivity contribution < 1.29 is 17.9 Å². The van der Waals surface area contributed by atoms with Gasteiger partial charge in [0.25, 0.3) is 0 Å². The lowest BCUT2D eigenvalue weighted by atomic mass is 9.78. The van der Waals surface area contributed by atoms with Gasteiger partial charge in [0.05, 0.1) is 12.4 Å². The normalized spacial score (nSPS) is 20.1. The summed E-state index contributed by atoms with van der Waals surface area (Å²) in [6, 6.07) is 0. The van der Waals surface area contributed by atoms with E-state index in [1.165, 1.54) is 12.4 Å². The number of aromatic nitrogens is 2. The van der Waals surface area contributed by atoms with Crippen LogP contribution in [-0.4, -0.2) is 67.4 Å². The number of amides is 1. The number of piperidine rings is 1. The monoisotopic (exact) mass is 396 g/mol. The zero-order chi connectivity index (χ0) is 19.9. The lowest BCUT2D eigenvalue weighted by molar-refractivity contribution is 0.0122. The van der Waals surface area contributed by atoms with Crippen LogP contribution in [0.1, 0.15) is 40.0 Å². The summed E-state index contributed by atoms with van der Waals surface area (Å²) in [4.78, 5) is 24.7. The second-order valence-electron chi connectivity index (χ2n) is 8.63. The molecule has 2 aliphatic rings. The molecule has 1 spiro atoms. The third kappa shape index (κ3) is 4.69. The molecule has 3 heterocycles. The van der Waals surface area contributed by atoms with Crippen LogP contribution in [0.25, 0.3) is 0 Å². The Hall–Kier alpha value is -1.90. The lowest BCUT2D eigenvalue weighted by Crippen LogP contribution is -2.46. The van der Waals surface area contributed by atoms with Gasteiger partial charge in [0.15, 0.2) is 9.84 Å². The van der Waals surface area contributed by atoms with Gasteiger partial charge in [-0.3, -0.25) is 0 Å². The molecule has 150 valence electrons. The highest BCUT2D eigenvalue weighted by Crippen LogP contribution is 2.41. The van der Waals surface area contributed by atoms with Crippen LogP contribution in [0, 0.1) is 5.41 Å². The highest BCUT2D eigenvalue weighted by molar-refractivity contribution is 7.90. The van der Waals surface area contributed by atoms with Gasteiger partial charge in [0.2, 0.25) is 5.95 Å². The molecule has 2 aliphatic heterocycles. The molecule has 9 heteroatoms. The average Bonchev–Trinajstić information content (AvgIpc) is 2.97. The number of sulfone groups is 1. The van der Waals surface area contributed by atoms with Crippen LogP contribution in [0.5, 0.6) is 0 Å². The van der Waals surface area contributed by atoms with Crippen LogP contribution < -0.4 is 4.90 Å². The van der Waals surface area contributed by atoms with Crippen molar-refractivity contribution >= 4 is 21.9 Å². The molecule has 1 amide bonds. The molecule has 8 nitrogen and oxygen atoms in total. The first-order valence-electron chi connectivity index (χ1n) is 9.23. The number of rotatable bonds is 2. The molecule has 0 aliphatic carbocycles. The molecule has 0 aromatic carbocycles. The first kappa shape index (κ1) is 19.9. The van der Waals surface area contributed by atoms with Crippen molar-refractivity contribution in [1.29, 1.82) is 0 Å². The number of nitrogens with zero attached hydrogens (tertiary/aromatic N) is 4. The van der Waals surface area contributed by atoms with Gasteiger partial charge < -0.3 is 14.5 Å². The van der Waals surface area contributed by atoms with E-state index in [1.807, 2.05) is 20.8 Å². The SMILES string of the molecule is CC(C)(C)OC(=O)N1CCC2(CC1)CCN(c1ncc(S(C)(=O)=O)cn1)C2. The van der Waals surface area contributed by atoms with Crippen LogP contribution in [0.4, 0.5) is 10.7 Å². The van der Waals surface area contributed by atoms with E-state index in [-0.39, 0.29) is 16.4 Å². The topological polar surface area (TPSA) is 92.7 Å². The largest absolute Gasteiger partial charge is 0.444 e. The Bertz CT molecular complexity index is 794. The van der Waals surface area contributed by atoms with E-state index in [0.29, 0.717) is 19.0 Å². The summed E-state index contributed by atoms with van der Waals surface area (Å²) in [6.45, 7) is 8.67. The minimum absolute atomic E-state index is 0.130. The van der Waals surface area contributed by atoms with Crippen molar-refractivity contribution in [3.63, 3.8) is 0 Å². The van der Waals surface area contributed by atoms with Crippen LogP contribution >= 0.6 is 0 Å². The third-order valence-electron chi connectivity index (χ3n) is 5.24. The Morgan fingerprint density at radius 3 is 2.19 bits per heavy atom. The summed E-state index contributed by atoms with van der Waals surface area (Å²) in [5.41, 5.74) is -0.330. The maximum atomic E-state index is 12.2. The maximum Gasteiger partial charge on any atom is 0.410 e. The van der Waals surface area contributed by atoms with Gasteiger partial charge in [0, 0.05) is 32.4 Å². The molecule has 27 heavy (non-hydrogen) atoms. The first-order chi connectivity index (χ1) is 12.5. The Kier molecular flexibility index (Phi) is 5.09. The Labute approximate surface area is 160 Å². The van der Waals surface area contributed by atoms with E-state index in [4.69, 9.17) is 4.74 Å². The zero-order valence-electron chi connectivity index (χ0n) is 16.4. The van der Waals surface area contributed by atoms with Gasteiger partial charge in [-0.25, -0.2) is 23.2 Å². The summed E-state index contributed by atoms with van der Waals surface area (Å²) in [5.74, 6) is 0.564. The van der Waals surface area contributed by atoms with E-state index < -0.39 is 15.4 Å². The molecule has 3 rings (SSSR count). The van der Waals surface area contributed by atoms with Gasteiger partial charge in [-0.2, -0.15) is 0 Å². The Morgan fingerprint density at radius 1 is 1.11 bits per heavy atom. The molecule has 2 saturated heterocycles. The number of hydrogen-bond donors (Lipinski definition) is 0. The quantitative estimate of drug-likeness (QED) is 0.756. The van der Waals surface area contributed by atoms with Crippen molar-refractivity contribution in [2.24, 2.45) is 5.41 Å². The van der Waals surface area contributed by atoms with Gasteiger partial charge >= 0.3 is 6.09 Å². The lowest BCUT2D eigenvalue weighted by Gasteiger charge is -2.39. The standard InChI is InChI=1S/C18H28N4O4S/c1-17(2,3)26-16(23)21-8-5-18(6-9-21)7-10-22(13-18)15-19-11-14(12-20-15)27(4,24)25/h11-12H,5-10,13H2,1-4H3. The summed E-state index contributed by atoms with van der Waals surface area (Å²) in [5, 5.41) is 0. The second-order valence-corrected chi connectivity index (χ2v) is 10.6. The van der Waals surface area contributed by atoms with Crippen LogP contribution in [0.2, 0.25) is 0 Å². The molecule has 1 aromatic heterocycles. The van der Waals surface area contributed by atoms with Crippen molar-refractivity contribution in [1.82, 2.24) is 14.9 Å². The van der Waals surface area contributed by atoms with Gasteiger partial charge in [0.1, 0.15) is 10.5 Å². The number of carbonyl (C=O) groups excluding carboxylic acids is 1. The van der Waals surface area contributed by atoms with E-state index in [1.54, 1.807) is 4.90 Å². The number of carbonyl (C=O) groups is 1. The molecular weight excluding hydrogens is 368 g/mol. The molecule has 1 aromatic rings. The van der Waals surface area contributed by atoms with Crippen molar-refractivity contribution in [3.05, 3.63) is 12.4 Å². The molecule has 0 radical (unpaired) electrons. The molecule has 0 saturated carbocycles. The first-order valence-corrected chi connectivity index (χ1v) is 11.1. The van der Waals surface area contributed by atoms with Crippen molar-refractivity contribution in [2.75, 3.05) is 37.3 Å². The van der Waals surface area contributed by atoms with Crippen molar-refractivity contribution in [3.8, 4) is 0 Å². The average molecular weight is 397 g/mol. The van der Waals surface area contributed by atoms with Gasteiger partial charge in [-0.05, 0) is 45.4 Å². The van der Waals surface area contributed by atoms with Gasteiger partial charge in [-0.1, -0.05) is 0 Å². The zero-order valence-corrected chi connectivity index (χ0v) is 17.3. The molecule has 0 bridgehead atoms. The third-order valence-corrected chi connectivity index (χ3v) is 6.31. The summed E-state index contributed by atoms with van der Waals surface area (Å²) in [7, 11) is -3.29. The molecule has 0 atom stereocenters. The summed E-state index contributed by atoms with van der Waals surface area (Å²) >= 11 is 0. The number of hydrogen-bond acceptors (Lipinski definition) is 7. The Morgan fingerprint density at radius 2 is 1.67 bits per heavy atom. The minimum atomic E-state index is -3.29. The number of anilines is 1. The molecule has 0 unspecified atom stereocenters. The van der Waals surface area contributed by atoms with E-state index in [2.05, 4.69) is 14.9 Å². The predicted octanol–water partition coefficient (Wildman–Crippen LogP) is 2.11. The fourth-order valence-electron chi connectivity index (χ4n) is 3.67. The summed E-state index contributed by atoms with van der Waals surface area (Å²) in [6.07, 6.45) is 6.50. The molecule has 2 fully saturated rings. The fourth-order valence-corrected chi connectivity index (χ4v) is 4.16. The van der Waals surface area contributed by atoms with E-state index in [0.717, 1.165) is 38.6 Å². The van der Waals surface area contributed by atoms with E-state index >= 15 is 0 Å². The van der Waals surface area contributed by atoms with Gasteiger partial charge in [-0.15, -0.1) is 0 Å². The highest BCUT2D eigenvalue weighted by atomic mass is 32.2. The predicted molar refractivity (Wildman–Crippen MR) is 101 cm³/mol. The number of ether oxygens (including phenoxy) is 1. The summed E-state index contributed by atoms with van der Waals surface area (Å²) < 4.78 is 28.6. The van der Waals surface area contributed by atoms with Crippen LogP contribution in [0.3, 0.4) is 0 Å². The second kappa shape index (κ2) is 6.92. The minimum Gasteiger partial charge on any atom is -0.444 e. The Balaban J connectivity index is 1.59. The smallest absolute Gasteiger partial charge is 0.410 e. The molecular formula is C18H28N4O4S. The fraction of sp³-hybridized carbons (Fsp3) is 0.722. The van der Waals surface area contributed by atoms with Crippen LogP contribution in [-0.2, 0) is 14.6 Å². The van der Waals surface area contributed by atoms with E-state index in [9.17, 15) is 13.2 Å². The number of likely N-dealkylation sites (tertiary alicyclic amines) is 1. The van der Waals surface area contributed by atoms with Crippen molar-refractivity contribution in [2.45, 2.75) is 50.5 Å².